The van der Waals surface area contributed by atoms with Crippen LogP contribution in [0.2, 0.25) is 0 Å². The fourth-order valence-corrected chi connectivity index (χ4v) is 2.77. The summed E-state index contributed by atoms with van der Waals surface area (Å²) in [7, 11) is 0. The molecule has 0 aliphatic carbocycles. The van der Waals surface area contributed by atoms with E-state index in [1.54, 1.807) is 30.5 Å². The van der Waals surface area contributed by atoms with E-state index in [-0.39, 0.29) is 0 Å². The Labute approximate surface area is 143 Å². The minimum atomic E-state index is 0.490. The van der Waals surface area contributed by atoms with Crippen LogP contribution >= 0.6 is 11.8 Å². The third-order valence-electron chi connectivity index (χ3n) is 3.33. The number of rotatable bonds is 6. The van der Waals surface area contributed by atoms with Crippen LogP contribution in [0.15, 0.2) is 46.2 Å². The molecule has 0 unspecified atom stereocenters. The van der Waals surface area contributed by atoms with Crippen molar-refractivity contribution in [2.24, 2.45) is 0 Å². The second-order valence-electron chi connectivity index (χ2n) is 4.90. The van der Waals surface area contributed by atoms with E-state index in [0.717, 1.165) is 17.1 Å². The number of aromatic nitrogens is 3. The number of nitrogens with zero attached hydrogens (tertiary/aromatic N) is 4. The van der Waals surface area contributed by atoms with Crippen LogP contribution in [-0.4, -0.2) is 27.2 Å². The van der Waals surface area contributed by atoms with Crippen LogP contribution in [0.25, 0.3) is 11.4 Å². The van der Waals surface area contributed by atoms with E-state index in [1.807, 2.05) is 13.0 Å². The van der Waals surface area contributed by atoms with Gasteiger partial charge in [0.15, 0.2) is 5.82 Å². The molecule has 2 aromatic heterocycles. The van der Waals surface area contributed by atoms with Crippen molar-refractivity contribution in [3.8, 4) is 23.2 Å². The van der Waals surface area contributed by atoms with Crippen LogP contribution in [0.5, 0.6) is 5.75 Å². The zero-order valence-corrected chi connectivity index (χ0v) is 13.8. The Hall–Kier alpha value is -2.92. The summed E-state index contributed by atoms with van der Waals surface area (Å²) in [5.41, 5.74) is 1.43. The standard InChI is InChI=1S/C16H15N5O2S/c1-11-14(6-7-22-11)15-19-20-16(21(15)18)24-9-8-23-13-4-2-12(10-17)3-5-13/h2-7H,8-9,18H2,1H3. The number of nitrogen functional groups attached to an aromatic ring is 1. The number of benzene rings is 1. The van der Waals surface area contributed by atoms with Crippen molar-refractivity contribution in [3.63, 3.8) is 0 Å². The van der Waals surface area contributed by atoms with Gasteiger partial charge in [-0.1, -0.05) is 11.8 Å². The van der Waals surface area contributed by atoms with E-state index in [9.17, 15) is 0 Å². The molecule has 0 saturated heterocycles. The number of nitriles is 1. The number of hydrogen-bond donors (Lipinski definition) is 1. The highest BCUT2D eigenvalue weighted by Gasteiger charge is 2.15. The van der Waals surface area contributed by atoms with Crippen molar-refractivity contribution in [2.45, 2.75) is 12.1 Å². The molecule has 0 aliphatic rings. The Balaban J connectivity index is 1.55. The molecule has 24 heavy (non-hydrogen) atoms. The summed E-state index contributed by atoms with van der Waals surface area (Å²) in [6.07, 6.45) is 1.59. The molecule has 0 spiro atoms. The predicted octanol–water partition coefficient (Wildman–Crippen LogP) is 2.60. The number of furan rings is 1. The van der Waals surface area contributed by atoms with Gasteiger partial charge in [-0.05, 0) is 37.3 Å². The fourth-order valence-electron chi connectivity index (χ4n) is 2.09. The number of hydrogen-bond acceptors (Lipinski definition) is 7. The SMILES string of the molecule is Cc1occc1-c1nnc(SCCOc2ccc(C#N)cc2)n1N. The Morgan fingerprint density at radius 1 is 1.29 bits per heavy atom. The van der Waals surface area contributed by atoms with Gasteiger partial charge in [-0.15, -0.1) is 10.2 Å². The maximum Gasteiger partial charge on any atom is 0.210 e. The highest BCUT2D eigenvalue weighted by Crippen LogP contribution is 2.24. The number of aryl methyl sites for hydroxylation is 1. The highest BCUT2D eigenvalue weighted by atomic mass is 32.2. The lowest BCUT2D eigenvalue weighted by Crippen LogP contribution is -2.12. The first-order chi connectivity index (χ1) is 11.7. The van der Waals surface area contributed by atoms with E-state index < -0.39 is 0 Å². The topological polar surface area (TPSA) is 103 Å². The van der Waals surface area contributed by atoms with E-state index >= 15 is 0 Å². The minimum Gasteiger partial charge on any atom is -0.493 e. The molecule has 3 rings (SSSR count). The number of nitrogens with two attached hydrogens (primary N) is 1. The zero-order chi connectivity index (χ0) is 16.9. The first-order valence-electron chi connectivity index (χ1n) is 7.20. The number of ether oxygens (including phenoxy) is 1. The van der Waals surface area contributed by atoms with Gasteiger partial charge in [0, 0.05) is 5.75 Å². The predicted molar refractivity (Wildman–Crippen MR) is 90.0 cm³/mol. The Morgan fingerprint density at radius 3 is 2.75 bits per heavy atom. The van der Waals surface area contributed by atoms with E-state index in [1.165, 1.54) is 16.4 Å². The van der Waals surface area contributed by atoms with Gasteiger partial charge in [-0.2, -0.15) is 5.26 Å². The van der Waals surface area contributed by atoms with Crippen molar-refractivity contribution in [3.05, 3.63) is 47.9 Å². The average Bonchev–Trinajstić information content (AvgIpc) is 3.18. The van der Waals surface area contributed by atoms with E-state index in [4.69, 9.17) is 20.3 Å². The van der Waals surface area contributed by atoms with Crippen LogP contribution < -0.4 is 10.6 Å². The first-order valence-corrected chi connectivity index (χ1v) is 8.18. The molecule has 7 nitrogen and oxygen atoms in total. The van der Waals surface area contributed by atoms with Gasteiger partial charge in [-0.3, -0.25) is 0 Å². The lowest BCUT2D eigenvalue weighted by molar-refractivity contribution is 0.344. The summed E-state index contributed by atoms with van der Waals surface area (Å²) in [6, 6.07) is 10.9. The minimum absolute atomic E-state index is 0.490. The zero-order valence-electron chi connectivity index (χ0n) is 13.0. The summed E-state index contributed by atoms with van der Waals surface area (Å²) < 4.78 is 12.3. The maximum atomic E-state index is 8.76. The molecule has 0 radical (unpaired) electrons. The highest BCUT2D eigenvalue weighted by molar-refractivity contribution is 7.99. The monoisotopic (exact) mass is 341 g/mol. The fraction of sp³-hybridized carbons (Fsp3) is 0.188. The van der Waals surface area contributed by atoms with Gasteiger partial charge >= 0.3 is 0 Å². The molecule has 122 valence electrons. The summed E-state index contributed by atoms with van der Waals surface area (Å²) in [6.45, 7) is 2.34. The molecule has 2 heterocycles. The van der Waals surface area contributed by atoms with Crippen molar-refractivity contribution in [1.82, 2.24) is 14.9 Å². The van der Waals surface area contributed by atoms with Crippen LogP contribution in [0.4, 0.5) is 0 Å². The van der Waals surface area contributed by atoms with Gasteiger partial charge in [0.1, 0.15) is 11.5 Å². The van der Waals surface area contributed by atoms with Crippen molar-refractivity contribution in [1.29, 1.82) is 5.26 Å². The van der Waals surface area contributed by atoms with Crippen LogP contribution in [0, 0.1) is 18.3 Å². The molecule has 1 aromatic carbocycles. The Morgan fingerprint density at radius 2 is 2.08 bits per heavy atom. The quantitative estimate of drug-likeness (QED) is 0.417. The van der Waals surface area contributed by atoms with Crippen LogP contribution in [0.3, 0.4) is 0 Å². The molecule has 0 aliphatic heterocycles. The van der Waals surface area contributed by atoms with Gasteiger partial charge in [-0.25, -0.2) is 4.68 Å². The smallest absolute Gasteiger partial charge is 0.210 e. The van der Waals surface area contributed by atoms with Crippen molar-refractivity contribution < 1.29 is 9.15 Å². The molecular formula is C16H15N5O2S. The average molecular weight is 341 g/mol. The van der Waals surface area contributed by atoms with Gasteiger partial charge in [0.05, 0.1) is 30.1 Å². The summed E-state index contributed by atoms with van der Waals surface area (Å²) in [5, 5.41) is 17.6. The normalized spacial score (nSPS) is 10.5. The van der Waals surface area contributed by atoms with E-state index in [2.05, 4.69) is 16.3 Å². The summed E-state index contributed by atoms with van der Waals surface area (Å²) in [5.74, 6) is 8.75. The first kappa shape index (κ1) is 16.0. The summed E-state index contributed by atoms with van der Waals surface area (Å²) in [4.78, 5) is 0. The van der Waals surface area contributed by atoms with Crippen molar-refractivity contribution in [2.75, 3.05) is 18.2 Å². The van der Waals surface area contributed by atoms with Gasteiger partial charge in [0.25, 0.3) is 0 Å². The molecule has 2 N–H and O–H groups in total. The van der Waals surface area contributed by atoms with Gasteiger partial charge < -0.3 is 15.0 Å². The molecule has 8 heteroatoms. The molecular weight excluding hydrogens is 326 g/mol. The Kier molecular flexibility index (Phi) is 4.72. The molecule has 0 saturated carbocycles. The second kappa shape index (κ2) is 7.10. The van der Waals surface area contributed by atoms with Crippen LogP contribution in [-0.2, 0) is 0 Å². The number of thioether (sulfide) groups is 1. The summed E-state index contributed by atoms with van der Waals surface area (Å²) >= 11 is 1.45. The third-order valence-corrected chi connectivity index (χ3v) is 4.24. The molecule has 0 amide bonds. The third kappa shape index (κ3) is 3.36. The molecule has 3 aromatic rings. The maximum absolute atomic E-state index is 8.76. The van der Waals surface area contributed by atoms with Crippen molar-refractivity contribution >= 4 is 11.8 Å². The molecule has 0 atom stereocenters. The lowest BCUT2D eigenvalue weighted by Gasteiger charge is -2.06. The Bertz CT molecular complexity index is 863. The largest absolute Gasteiger partial charge is 0.493 e. The van der Waals surface area contributed by atoms with E-state index in [0.29, 0.717) is 28.9 Å². The lowest BCUT2D eigenvalue weighted by atomic mass is 10.2. The van der Waals surface area contributed by atoms with Gasteiger partial charge in [0.2, 0.25) is 5.16 Å². The van der Waals surface area contributed by atoms with Crippen LogP contribution in [0.1, 0.15) is 11.3 Å². The second-order valence-corrected chi connectivity index (χ2v) is 5.96. The molecule has 0 fully saturated rings. The molecule has 0 bridgehead atoms.